The second kappa shape index (κ2) is 18.0. The number of aliphatic hydroxyl groups excluding tert-OH is 1. The summed E-state index contributed by atoms with van der Waals surface area (Å²) in [5.74, 6) is 0.375. The molecular formula is C46H41N3O8S. The van der Waals surface area contributed by atoms with Crippen molar-refractivity contribution in [1.82, 2.24) is 15.2 Å². The minimum absolute atomic E-state index is 0.0484. The summed E-state index contributed by atoms with van der Waals surface area (Å²) in [6.07, 6.45) is -1.60. The van der Waals surface area contributed by atoms with Crippen LogP contribution in [0.2, 0.25) is 0 Å². The molecule has 2 aliphatic rings. The van der Waals surface area contributed by atoms with Gasteiger partial charge < -0.3 is 29.1 Å². The van der Waals surface area contributed by atoms with E-state index < -0.39 is 24.3 Å². The highest BCUT2D eigenvalue weighted by Crippen LogP contribution is 2.41. The van der Waals surface area contributed by atoms with E-state index in [1.54, 1.807) is 0 Å². The van der Waals surface area contributed by atoms with Gasteiger partial charge in [0.05, 0.1) is 31.8 Å². The fourth-order valence-corrected chi connectivity index (χ4v) is 7.80. The standard InChI is InChI=1S/C46H41N3O8S/c50-27-31-18-20-33(21-19-31)39-24-37(29-58-46-48-41(34-12-6-2-7-13-34)42(57-46)35-14-8-3-9-15-35)55-44(56-39)36-22-16-30(17-23-36)26-49-40(51)25-38(43(49)52)47-45(53)54-28-32-10-4-1-5-11-32/h1-23,37-39,44,50H,24-29H2,(H,47,53). The molecule has 2 saturated heterocycles. The lowest BCUT2D eigenvalue weighted by Gasteiger charge is -2.36. The zero-order valence-electron chi connectivity index (χ0n) is 31.4. The number of imide groups is 1. The zero-order valence-corrected chi connectivity index (χ0v) is 32.3. The summed E-state index contributed by atoms with van der Waals surface area (Å²) in [6, 6.07) is 43.2. The Bertz CT molecular complexity index is 2270. The number of thioether (sulfide) groups is 1. The molecule has 12 heteroatoms. The maximum atomic E-state index is 13.2. The molecule has 294 valence electrons. The maximum absolute atomic E-state index is 13.2. The average molecular weight is 796 g/mol. The SMILES string of the molecule is O=C(NC1CC(=O)N(Cc2ccc(C3OC(CSc4nc(-c5ccccc5)c(-c5ccccc5)o4)CC(c4ccc(CO)cc4)O3)cc2)C1=O)OCc1ccccc1. The van der Waals surface area contributed by atoms with Crippen molar-refractivity contribution >= 4 is 29.7 Å². The van der Waals surface area contributed by atoms with Gasteiger partial charge in [-0.25, -0.2) is 9.78 Å². The first-order valence-electron chi connectivity index (χ1n) is 19.1. The number of carbonyl (C=O) groups is 3. The lowest BCUT2D eigenvalue weighted by molar-refractivity contribution is -0.245. The third-order valence-electron chi connectivity index (χ3n) is 10.0. The number of nitrogens with zero attached hydrogens (tertiary/aromatic N) is 2. The number of hydrogen-bond donors (Lipinski definition) is 2. The number of likely N-dealkylation sites (tertiary alicyclic amines) is 1. The molecule has 0 aliphatic carbocycles. The lowest BCUT2D eigenvalue weighted by Crippen LogP contribution is -2.41. The van der Waals surface area contributed by atoms with Crippen LogP contribution in [0.4, 0.5) is 4.79 Å². The third kappa shape index (κ3) is 9.22. The topological polar surface area (TPSA) is 140 Å². The van der Waals surface area contributed by atoms with Gasteiger partial charge in [-0.15, -0.1) is 0 Å². The molecule has 0 radical (unpaired) electrons. The van der Waals surface area contributed by atoms with Gasteiger partial charge in [0.15, 0.2) is 12.1 Å². The number of ether oxygens (including phenoxy) is 3. The minimum Gasteiger partial charge on any atom is -0.445 e. The monoisotopic (exact) mass is 795 g/mol. The van der Waals surface area contributed by atoms with Gasteiger partial charge in [0.1, 0.15) is 18.3 Å². The van der Waals surface area contributed by atoms with E-state index in [-0.39, 0.29) is 44.3 Å². The number of aliphatic hydroxyl groups is 1. The normalized spacial score (nSPS) is 19.3. The van der Waals surface area contributed by atoms with Gasteiger partial charge in [-0.05, 0) is 22.3 Å². The van der Waals surface area contributed by atoms with Crippen molar-refractivity contribution in [3.05, 3.63) is 167 Å². The van der Waals surface area contributed by atoms with Crippen LogP contribution in [-0.4, -0.2) is 50.8 Å². The molecule has 8 rings (SSSR count). The number of carbonyl (C=O) groups excluding carboxylic acids is 3. The average Bonchev–Trinajstić information content (AvgIpc) is 3.82. The number of benzene rings is 5. The van der Waals surface area contributed by atoms with Crippen molar-refractivity contribution in [3.8, 4) is 22.6 Å². The summed E-state index contributed by atoms with van der Waals surface area (Å²) < 4.78 is 24.8. The van der Waals surface area contributed by atoms with Gasteiger partial charge in [0.25, 0.3) is 11.1 Å². The second-order valence-electron chi connectivity index (χ2n) is 14.1. The molecule has 3 amide bonds. The molecule has 2 aliphatic heterocycles. The number of oxazole rings is 1. The summed E-state index contributed by atoms with van der Waals surface area (Å²) in [7, 11) is 0. The number of nitrogens with one attached hydrogen (secondary N) is 1. The van der Waals surface area contributed by atoms with Crippen molar-refractivity contribution in [2.45, 2.75) is 62.4 Å². The molecule has 2 fully saturated rings. The summed E-state index contributed by atoms with van der Waals surface area (Å²) in [6.45, 7) is 0.0454. The Labute approximate surface area is 340 Å². The number of alkyl carbamates (subject to hydrolysis) is 1. The molecule has 4 atom stereocenters. The van der Waals surface area contributed by atoms with E-state index >= 15 is 0 Å². The van der Waals surface area contributed by atoms with E-state index in [2.05, 4.69) is 5.32 Å². The predicted octanol–water partition coefficient (Wildman–Crippen LogP) is 8.39. The Hall–Kier alpha value is -6.05. The largest absolute Gasteiger partial charge is 0.445 e. The highest BCUT2D eigenvalue weighted by atomic mass is 32.2. The Kier molecular flexibility index (Phi) is 12.1. The molecule has 3 heterocycles. The molecular weight excluding hydrogens is 755 g/mol. The third-order valence-corrected chi connectivity index (χ3v) is 11.0. The lowest BCUT2D eigenvalue weighted by atomic mass is 10.0. The summed E-state index contributed by atoms with van der Waals surface area (Å²) in [4.78, 5) is 44.6. The van der Waals surface area contributed by atoms with E-state index in [0.29, 0.717) is 23.2 Å². The highest BCUT2D eigenvalue weighted by molar-refractivity contribution is 7.99. The number of aromatic nitrogens is 1. The summed E-state index contributed by atoms with van der Waals surface area (Å²) in [5, 5.41) is 12.7. The van der Waals surface area contributed by atoms with Crippen molar-refractivity contribution in [2.75, 3.05) is 5.75 Å². The molecule has 0 saturated carbocycles. The Morgan fingerprint density at radius 1 is 0.776 bits per heavy atom. The smallest absolute Gasteiger partial charge is 0.408 e. The molecule has 5 aromatic carbocycles. The van der Waals surface area contributed by atoms with E-state index in [4.69, 9.17) is 23.6 Å². The van der Waals surface area contributed by atoms with Crippen LogP contribution in [0, 0.1) is 0 Å². The molecule has 11 nitrogen and oxygen atoms in total. The maximum Gasteiger partial charge on any atom is 0.408 e. The van der Waals surface area contributed by atoms with Crippen LogP contribution in [-0.2, 0) is 43.6 Å². The summed E-state index contributed by atoms with van der Waals surface area (Å²) >= 11 is 1.48. The summed E-state index contributed by atoms with van der Waals surface area (Å²) in [5.41, 5.74) is 6.74. The Morgan fingerprint density at radius 3 is 2.10 bits per heavy atom. The van der Waals surface area contributed by atoms with E-state index in [1.165, 1.54) is 11.8 Å². The van der Waals surface area contributed by atoms with Gasteiger partial charge >= 0.3 is 6.09 Å². The fourth-order valence-electron chi connectivity index (χ4n) is 6.96. The quantitative estimate of drug-likeness (QED) is 0.0865. The Balaban J connectivity index is 0.945. The first-order valence-corrected chi connectivity index (χ1v) is 20.0. The first-order chi connectivity index (χ1) is 28.4. The van der Waals surface area contributed by atoms with Crippen LogP contribution >= 0.6 is 11.8 Å². The van der Waals surface area contributed by atoms with Gasteiger partial charge in [-0.3, -0.25) is 14.5 Å². The van der Waals surface area contributed by atoms with Crippen LogP contribution in [0.3, 0.4) is 0 Å². The first kappa shape index (κ1) is 38.8. The van der Waals surface area contributed by atoms with Gasteiger partial charge in [0.2, 0.25) is 5.91 Å². The van der Waals surface area contributed by atoms with Gasteiger partial charge in [0, 0.05) is 28.9 Å². The van der Waals surface area contributed by atoms with Crippen molar-refractivity contribution < 1.29 is 38.1 Å². The van der Waals surface area contributed by atoms with Crippen LogP contribution < -0.4 is 5.32 Å². The van der Waals surface area contributed by atoms with Crippen molar-refractivity contribution in [3.63, 3.8) is 0 Å². The van der Waals surface area contributed by atoms with E-state index in [9.17, 15) is 19.5 Å². The molecule has 6 aromatic rings. The van der Waals surface area contributed by atoms with Crippen molar-refractivity contribution in [2.24, 2.45) is 0 Å². The van der Waals surface area contributed by atoms with Crippen molar-refractivity contribution in [1.29, 1.82) is 0 Å². The second-order valence-corrected chi connectivity index (χ2v) is 15.0. The number of amides is 3. The highest BCUT2D eigenvalue weighted by Gasteiger charge is 2.40. The van der Waals surface area contributed by atoms with Gasteiger partial charge in [-0.2, -0.15) is 0 Å². The van der Waals surface area contributed by atoms with Crippen LogP contribution in [0.1, 0.15) is 53.1 Å². The van der Waals surface area contributed by atoms with E-state index in [1.807, 2.05) is 140 Å². The molecule has 2 N–H and O–H groups in total. The molecule has 4 unspecified atom stereocenters. The molecule has 1 aromatic heterocycles. The fraction of sp³-hybridized carbons (Fsp3) is 0.217. The predicted molar refractivity (Wildman–Crippen MR) is 217 cm³/mol. The molecule has 58 heavy (non-hydrogen) atoms. The zero-order chi connectivity index (χ0) is 39.8. The van der Waals surface area contributed by atoms with Gasteiger partial charge in [-0.1, -0.05) is 151 Å². The van der Waals surface area contributed by atoms with E-state index in [0.717, 1.165) is 49.5 Å². The van der Waals surface area contributed by atoms with Crippen LogP contribution in [0.25, 0.3) is 22.6 Å². The molecule has 0 spiro atoms. The number of rotatable bonds is 13. The van der Waals surface area contributed by atoms with Crippen LogP contribution in [0.5, 0.6) is 0 Å². The Morgan fingerprint density at radius 2 is 1.41 bits per heavy atom. The number of hydrogen-bond acceptors (Lipinski definition) is 10. The minimum atomic E-state index is -0.997. The molecule has 0 bridgehead atoms. The van der Waals surface area contributed by atoms with Crippen LogP contribution in [0.15, 0.2) is 149 Å².